The average molecular weight is 333 g/mol. The summed E-state index contributed by atoms with van der Waals surface area (Å²) in [6, 6.07) is 14.1. The number of rotatable bonds is 3. The van der Waals surface area contributed by atoms with Gasteiger partial charge < -0.3 is 4.42 Å². The van der Waals surface area contributed by atoms with E-state index in [0.29, 0.717) is 26.7 Å². The van der Waals surface area contributed by atoms with Crippen LogP contribution < -0.4 is 11.1 Å². The molecule has 3 rings (SSSR count). The summed E-state index contributed by atoms with van der Waals surface area (Å²) in [7, 11) is 0. The Labute approximate surface area is 136 Å². The van der Waals surface area contributed by atoms with Gasteiger partial charge in [-0.05, 0) is 30.3 Å². The lowest BCUT2D eigenvalue weighted by atomic mass is 10.2. The van der Waals surface area contributed by atoms with Gasteiger partial charge in [0.2, 0.25) is 0 Å². The summed E-state index contributed by atoms with van der Waals surface area (Å²) in [4.78, 5) is 12.0. The van der Waals surface area contributed by atoms with Crippen LogP contribution in [0.1, 0.15) is 5.56 Å². The summed E-state index contributed by atoms with van der Waals surface area (Å²) in [6.45, 7) is 0. The fourth-order valence-electron chi connectivity index (χ4n) is 1.97. The molecule has 0 aliphatic carbocycles. The third kappa shape index (κ3) is 2.98. The number of hydrazone groups is 1. The summed E-state index contributed by atoms with van der Waals surface area (Å²) < 4.78 is 5.22. The van der Waals surface area contributed by atoms with Crippen molar-refractivity contribution in [2.75, 3.05) is 5.43 Å². The Kier molecular flexibility index (Phi) is 4.13. The lowest BCUT2D eigenvalue weighted by Crippen LogP contribution is -2.08. The second-order valence-electron chi connectivity index (χ2n) is 4.49. The molecular formula is C16H10Cl2N2O2. The minimum Gasteiger partial charge on any atom is -0.422 e. The molecule has 110 valence electrons. The van der Waals surface area contributed by atoms with Gasteiger partial charge in [-0.3, -0.25) is 5.43 Å². The highest BCUT2D eigenvalue weighted by molar-refractivity contribution is 6.37. The molecule has 0 amide bonds. The van der Waals surface area contributed by atoms with Crippen molar-refractivity contribution in [3.8, 4) is 0 Å². The predicted octanol–water partition coefficient (Wildman–Crippen LogP) is 4.55. The molecule has 6 heteroatoms. The lowest BCUT2D eigenvalue weighted by Gasteiger charge is -2.03. The third-order valence-corrected chi connectivity index (χ3v) is 3.64. The molecule has 2 aromatic carbocycles. The van der Waals surface area contributed by atoms with Gasteiger partial charge in [0.05, 0.1) is 22.5 Å². The summed E-state index contributed by atoms with van der Waals surface area (Å²) in [5, 5.41) is 5.56. The summed E-state index contributed by atoms with van der Waals surface area (Å²) in [5.41, 5.74) is 3.57. The summed E-state index contributed by atoms with van der Waals surface area (Å²) >= 11 is 12.1. The van der Waals surface area contributed by atoms with Crippen molar-refractivity contribution in [1.82, 2.24) is 0 Å². The number of hydrogen-bond donors (Lipinski definition) is 1. The molecule has 0 atom stereocenters. The van der Waals surface area contributed by atoms with E-state index < -0.39 is 5.63 Å². The van der Waals surface area contributed by atoms with Crippen molar-refractivity contribution in [2.24, 2.45) is 5.10 Å². The number of fused-ring (bicyclic) bond motifs is 1. The fourth-order valence-corrected chi connectivity index (χ4v) is 2.44. The fraction of sp³-hybridized carbons (Fsp3) is 0. The standard InChI is InChI=1S/C16H10Cl2N2O2/c17-10-4-3-5-11(8-10)20-19-9-13-15(18)12-6-1-2-7-14(12)22-16(13)21/h1-9,20H/b19-9-. The first-order chi connectivity index (χ1) is 10.6. The van der Waals surface area contributed by atoms with E-state index in [-0.39, 0.29) is 5.56 Å². The number of halogens is 2. The average Bonchev–Trinajstić information content (AvgIpc) is 2.51. The smallest absolute Gasteiger partial charge is 0.346 e. The molecule has 1 aromatic heterocycles. The van der Waals surface area contributed by atoms with Crippen molar-refractivity contribution in [2.45, 2.75) is 0 Å². The van der Waals surface area contributed by atoms with Crippen molar-refractivity contribution >= 4 is 46.1 Å². The van der Waals surface area contributed by atoms with E-state index in [1.807, 2.05) is 6.07 Å². The molecule has 3 aromatic rings. The highest BCUT2D eigenvalue weighted by Crippen LogP contribution is 2.23. The van der Waals surface area contributed by atoms with E-state index >= 15 is 0 Å². The number of nitrogens with one attached hydrogen (secondary N) is 1. The number of nitrogens with zero attached hydrogens (tertiary/aromatic N) is 1. The lowest BCUT2D eigenvalue weighted by molar-refractivity contribution is 0.560. The van der Waals surface area contributed by atoms with E-state index in [4.69, 9.17) is 27.6 Å². The molecule has 0 fully saturated rings. The summed E-state index contributed by atoms with van der Waals surface area (Å²) in [5.74, 6) is 0. The van der Waals surface area contributed by atoms with Gasteiger partial charge in [-0.25, -0.2) is 4.79 Å². The number of anilines is 1. The molecular weight excluding hydrogens is 323 g/mol. The van der Waals surface area contributed by atoms with E-state index in [0.717, 1.165) is 0 Å². The van der Waals surface area contributed by atoms with Gasteiger partial charge in [-0.1, -0.05) is 41.4 Å². The van der Waals surface area contributed by atoms with Crippen LogP contribution in [-0.2, 0) is 0 Å². The Hall–Kier alpha value is -2.30. The molecule has 4 nitrogen and oxygen atoms in total. The Bertz CT molecular complexity index is 919. The zero-order chi connectivity index (χ0) is 15.5. The van der Waals surface area contributed by atoms with Gasteiger partial charge in [-0.2, -0.15) is 5.10 Å². The van der Waals surface area contributed by atoms with Crippen molar-refractivity contribution in [3.63, 3.8) is 0 Å². The minimum absolute atomic E-state index is 0.190. The normalized spacial score (nSPS) is 11.2. The Morgan fingerprint density at radius 2 is 1.91 bits per heavy atom. The van der Waals surface area contributed by atoms with Gasteiger partial charge in [0.15, 0.2) is 0 Å². The van der Waals surface area contributed by atoms with E-state index in [1.165, 1.54) is 6.21 Å². The van der Waals surface area contributed by atoms with E-state index in [1.54, 1.807) is 42.5 Å². The molecule has 0 spiro atoms. The van der Waals surface area contributed by atoms with Crippen LogP contribution in [0.5, 0.6) is 0 Å². The highest BCUT2D eigenvalue weighted by atomic mass is 35.5. The van der Waals surface area contributed by atoms with Crippen LogP contribution in [-0.4, -0.2) is 6.21 Å². The first kappa shape index (κ1) is 14.6. The maximum absolute atomic E-state index is 12.0. The third-order valence-electron chi connectivity index (χ3n) is 2.99. The number of benzene rings is 2. The van der Waals surface area contributed by atoms with Gasteiger partial charge in [0.1, 0.15) is 5.58 Å². The van der Waals surface area contributed by atoms with Crippen molar-refractivity contribution < 1.29 is 4.42 Å². The molecule has 1 N–H and O–H groups in total. The second kappa shape index (κ2) is 6.22. The molecule has 0 bridgehead atoms. The van der Waals surface area contributed by atoms with Crippen LogP contribution in [0.15, 0.2) is 62.8 Å². The molecule has 0 radical (unpaired) electrons. The van der Waals surface area contributed by atoms with Crippen molar-refractivity contribution in [1.29, 1.82) is 0 Å². The molecule has 22 heavy (non-hydrogen) atoms. The van der Waals surface area contributed by atoms with Gasteiger partial charge in [0, 0.05) is 10.4 Å². The van der Waals surface area contributed by atoms with Crippen LogP contribution in [0, 0.1) is 0 Å². The van der Waals surface area contributed by atoms with Gasteiger partial charge in [-0.15, -0.1) is 0 Å². The topological polar surface area (TPSA) is 54.6 Å². The molecule has 1 heterocycles. The Morgan fingerprint density at radius 1 is 1.09 bits per heavy atom. The van der Waals surface area contributed by atoms with Crippen LogP contribution in [0.2, 0.25) is 10.0 Å². The van der Waals surface area contributed by atoms with Crippen LogP contribution in [0.25, 0.3) is 11.0 Å². The number of para-hydroxylation sites is 1. The van der Waals surface area contributed by atoms with Crippen molar-refractivity contribution in [3.05, 3.63) is 74.6 Å². The van der Waals surface area contributed by atoms with E-state index in [9.17, 15) is 4.79 Å². The molecule has 0 saturated heterocycles. The zero-order valence-corrected chi connectivity index (χ0v) is 12.7. The quantitative estimate of drug-likeness (QED) is 0.435. The molecule has 0 aliphatic heterocycles. The maximum atomic E-state index is 12.0. The highest BCUT2D eigenvalue weighted by Gasteiger charge is 2.10. The summed E-state index contributed by atoms with van der Waals surface area (Å²) in [6.07, 6.45) is 1.33. The van der Waals surface area contributed by atoms with Crippen LogP contribution >= 0.6 is 23.2 Å². The second-order valence-corrected chi connectivity index (χ2v) is 5.31. The monoisotopic (exact) mass is 332 g/mol. The SMILES string of the molecule is O=c1oc2ccccc2c(Cl)c1/C=N\Nc1cccc(Cl)c1. The first-order valence-electron chi connectivity index (χ1n) is 6.41. The van der Waals surface area contributed by atoms with E-state index in [2.05, 4.69) is 10.5 Å². The molecule has 0 aliphatic rings. The maximum Gasteiger partial charge on any atom is 0.346 e. The Morgan fingerprint density at radius 3 is 2.73 bits per heavy atom. The van der Waals surface area contributed by atoms with Gasteiger partial charge in [0.25, 0.3) is 0 Å². The Balaban J connectivity index is 1.93. The zero-order valence-electron chi connectivity index (χ0n) is 11.2. The minimum atomic E-state index is -0.541. The molecule has 0 saturated carbocycles. The van der Waals surface area contributed by atoms with Gasteiger partial charge >= 0.3 is 5.63 Å². The van der Waals surface area contributed by atoms with Crippen LogP contribution in [0.3, 0.4) is 0 Å². The first-order valence-corrected chi connectivity index (χ1v) is 7.17. The number of hydrogen-bond acceptors (Lipinski definition) is 4. The van der Waals surface area contributed by atoms with Crippen LogP contribution in [0.4, 0.5) is 5.69 Å². The molecule has 0 unspecified atom stereocenters. The predicted molar refractivity (Wildman–Crippen MR) is 90.2 cm³/mol. The largest absolute Gasteiger partial charge is 0.422 e.